The molecule has 4 nitrogen and oxygen atoms in total. The van der Waals surface area contributed by atoms with E-state index in [1.54, 1.807) is 0 Å². The zero-order valence-corrected chi connectivity index (χ0v) is 11.0. The third-order valence-electron chi connectivity index (χ3n) is 3.30. The Bertz CT molecular complexity index is 529. The van der Waals surface area contributed by atoms with Crippen molar-refractivity contribution in [2.45, 2.75) is 25.3 Å². The minimum absolute atomic E-state index is 0.0272. The van der Waals surface area contributed by atoms with Gasteiger partial charge in [-0.1, -0.05) is 0 Å². The van der Waals surface area contributed by atoms with Crippen LogP contribution in [0.3, 0.4) is 0 Å². The summed E-state index contributed by atoms with van der Waals surface area (Å²) in [5.41, 5.74) is 0.0272. The smallest absolute Gasteiger partial charge is 0.307 e. The minimum Gasteiger partial charge on any atom is -0.469 e. The van der Waals surface area contributed by atoms with E-state index in [1.165, 1.54) is 13.2 Å². The van der Waals surface area contributed by atoms with Crippen molar-refractivity contribution in [2.75, 3.05) is 7.11 Å². The van der Waals surface area contributed by atoms with Crippen molar-refractivity contribution < 1.29 is 23.1 Å². The Labute approximate surface area is 115 Å². The predicted molar refractivity (Wildman–Crippen MR) is 67.0 cm³/mol. The summed E-state index contributed by atoms with van der Waals surface area (Å²) in [6, 6.07) is 2.61. The van der Waals surface area contributed by atoms with Crippen LogP contribution in [0.25, 0.3) is 0 Å². The number of hydrogen-bond donors (Lipinski definition) is 1. The van der Waals surface area contributed by atoms with Gasteiger partial charge in [-0.05, 0) is 37.0 Å². The van der Waals surface area contributed by atoms with Crippen LogP contribution >= 0.6 is 0 Å². The highest BCUT2D eigenvalue weighted by Crippen LogP contribution is 2.34. The van der Waals surface area contributed by atoms with Crippen LogP contribution in [-0.2, 0) is 9.53 Å². The van der Waals surface area contributed by atoms with Crippen LogP contribution in [0.1, 0.15) is 29.6 Å². The quantitative estimate of drug-likeness (QED) is 0.841. The number of benzene rings is 1. The van der Waals surface area contributed by atoms with Crippen LogP contribution in [0.4, 0.5) is 8.78 Å². The van der Waals surface area contributed by atoms with Crippen LogP contribution in [0.5, 0.6) is 0 Å². The standard InChI is InChI=1S/C14H15F2NO3/c1-20-13(18)7-12(8-2-3-8)17-14(19)9-4-5-10(15)11(16)6-9/h4-6,8,12H,2-3,7H2,1H3,(H,17,19). The Morgan fingerprint density at radius 1 is 1.35 bits per heavy atom. The molecule has 0 saturated heterocycles. The Morgan fingerprint density at radius 3 is 2.60 bits per heavy atom. The summed E-state index contributed by atoms with van der Waals surface area (Å²) in [7, 11) is 1.28. The average molecular weight is 283 g/mol. The number of hydrogen-bond acceptors (Lipinski definition) is 3. The van der Waals surface area contributed by atoms with Gasteiger partial charge in [-0.2, -0.15) is 0 Å². The van der Waals surface area contributed by atoms with Crippen LogP contribution in [0, 0.1) is 17.6 Å². The summed E-state index contributed by atoms with van der Waals surface area (Å²) in [6.45, 7) is 0. The van der Waals surface area contributed by atoms with Gasteiger partial charge in [-0.3, -0.25) is 9.59 Å². The normalized spacial score (nSPS) is 15.6. The molecular formula is C14H15F2NO3. The fourth-order valence-corrected chi connectivity index (χ4v) is 1.99. The van der Waals surface area contributed by atoms with E-state index in [0.29, 0.717) is 0 Å². The van der Waals surface area contributed by atoms with Crippen molar-refractivity contribution in [3.63, 3.8) is 0 Å². The molecule has 0 heterocycles. The van der Waals surface area contributed by atoms with E-state index in [9.17, 15) is 18.4 Å². The molecule has 1 amide bonds. The molecule has 0 aliphatic heterocycles. The molecule has 1 N–H and O–H groups in total. The monoisotopic (exact) mass is 283 g/mol. The van der Waals surface area contributed by atoms with Crippen molar-refractivity contribution in [2.24, 2.45) is 5.92 Å². The number of nitrogens with one attached hydrogen (secondary N) is 1. The molecule has 1 aromatic carbocycles. The summed E-state index contributed by atoms with van der Waals surface area (Å²) in [5.74, 6) is -2.77. The first kappa shape index (κ1) is 14.4. The summed E-state index contributed by atoms with van der Waals surface area (Å²) >= 11 is 0. The van der Waals surface area contributed by atoms with E-state index in [-0.39, 0.29) is 23.9 Å². The fourth-order valence-electron chi connectivity index (χ4n) is 1.99. The molecule has 1 unspecified atom stereocenters. The topological polar surface area (TPSA) is 55.4 Å². The second kappa shape index (κ2) is 5.98. The second-order valence-electron chi connectivity index (χ2n) is 4.83. The molecule has 0 aromatic heterocycles. The number of esters is 1. The average Bonchev–Trinajstić information content (AvgIpc) is 3.25. The number of carbonyl (C=O) groups is 2. The van der Waals surface area contributed by atoms with Crippen molar-refractivity contribution in [3.8, 4) is 0 Å². The molecule has 1 atom stereocenters. The maximum absolute atomic E-state index is 13.1. The van der Waals surface area contributed by atoms with Gasteiger partial charge >= 0.3 is 5.97 Å². The van der Waals surface area contributed by atoms with Crippen molar-refractivity contribution in [1.29, 1.82) is 0 Å². The molecule has 0 bridgehead atoms. The zero-order chi connectivity index (χ0) is 14.7. The fraction of sp³-hybridized carbons (Fsp3) is 0.429. The molecule has 0 radical (unpaired) electrons. The van der Waals surface area contributed by atoms with Crippen LogP contribution in [0.15, 0.2) is 18.2 Å². The lowest BCUT2D eigenvalue weighted by Crippen LogP contribution is -2.38. The van der Waals surface area contributed by atoms with Crippen LogP contribution < -0.4 is 5.32 Å². The molecule has 6 heteroatoms. The predicted octanol–water partition coefficient (Wildman–Crippen LogP) is 2.04. The maximum atomic E-state index is 13.1. The molecule has 1 aromatic rings. The molecule has 1 aliphatic carbocycles. The molecule has 108 valence electrons. The van der Waals surface area contributed by atoms with Gasteiger partial charge in [0.15, 0.2) is 11.6 Å². The lowest BCUT2D eigenvalue weighted by Gasteiger charge is -2.17. The number of amides is 1. The van der Waals surface area contributed by atoms with Crippen molar-refractivity contribution >= 4 is 11.9 Å². The molecule has 1 saturated carbocycles. The third kappa shape index (κ3) is 3.53. The lowest BCUT2D eigenvalue weighted by molar-refractivity contribution is -0.141. The number of carbonyl (C=O) groups excluding carboxylic acids is 2. The largest absolute Gasteiger partial charge is 0.469 e. The SMILES string of the molecule is COC(=O)CC(NC(=O)c1ccc(F)c(F)c1)C1CC1. The zero-order valence-electron chi connectivity index (χ0n) is 11.0. The van der Waals surface area contributed by atoms with Gasteiger partial charge in [0, 0.05) is 11.6 Å². The van der Waals surface area contributed by atoms with E-state index in [2.05, 4.69) is 10.1 Å². The van der Waals surface area contributed by atoms with Crippen LogP contribution in [0.2, 0.25) is 0 Å². The highest BCUT2D eigenvalue weighted by atomic mass is 19.2. The van der Waals surface area contributed by atoms with Crippen molar-refractivity contribution in [1.82, 2.24) is 5.32 Å². The molecule has 1 fully saturated rings. The molecule has 2 rings (SSSR count). The Kier molecular flexibility index (Phi) is 4.32. The van der Waals surface area contributed by atoms with Gasteiger partial charge in [0.05, 0.1) is 13.5 Å². The van der Waals surface area contributed by atoms with E-state index in [1.807, 2.05) is 0 Å². The van der Waals surface area contributed by atoms with Gasteiger partial charge in [-0.25, -0.2) is 8.78 Å². The second-order valence-corrected chi connectivity index (χ2v) is 4.83. The van der Waals surface area contributed by atoms with E-state index < -0.39 is 23.5 Å². The maximum Gasteiger partial charge on any atom is 0.307 e. The first-order chi connectivity index (χ1) is 9.51. The van der Waals surface area contributed by atoms with E-state index in [4.69, 9.17) is 0 Å². The molecular weight excluding hydrogens is 268 g/mol. The van der Waals surface area contributed by atoms with E-state index >= 15 is 0 Å². The van der Waals surface area contributed by atoms with Crippen molar-refractivity contribution in [3.05, 3.63) is 35.4 Å². The Morgan fingerprint density at radius 2 is 2.05 bits per heavy atom. The van der Waals surface area contributed by atoms with Gasteiger partial charge in [0.2, 0.25) is 0 Å². The summed E-state index contributed by atoms with van der Waals surface area (Å²) in [6.07, 6.45) is 1.94. The van der Waals surface area contributed by atoms with Gasteiger partial charge in [-0.15, -0.1) is 0 Å². The van der Waals surface area contributed by atoms with E-state index in [0.717, 1.165) is 25.0 Å². The highest BCUT2D eigenvalue weighted by Gasteiger charge is 2.34. The Balaban J connectivity index is 2.04. The van der Waals surface area contributed by atoms with Gasteiger partial charge in [0.1, 0.15) is 0 Å². The molecule has 20 heavy (non-hydrogen) atoms. The highest BCUT2D eigenvalue weighted by molar-refractivity contribution is 5.94. The first-order valence-corrected chi connectivity index (χ1v) is 6.34. The number of ether oxygens (including phenoxy) is 1. The van der Waals surface area contributed by atoms with Gasteiger partial charge in [0.25, 0.3) is 5.91 Å². The molecule has 0 spiro atoms. The summed E-state index contributed by atoms with van der Waals surface area (Å²) in [5, 5.41) is 2.68. The van der Waals surface area contributed by atoms with Gasteiger partial charge < -0.3 is 10.1 Å². The minimum atomic E-state index is -1.08. The van der Waals surface area contributed by atoms with Crippen LogP contribution in [-0.4, -0.2) is 25.0 Å². The number of methoxy groups -OCH3 is 1. The lowest BCUT2D eigenvalue weighted by atomic mass is 10.1. The molecule has 1 aliphatic rings. The first-order valence-electron chi connectivity index (χ1n) is 6.34. The number of rotatable bonds is 5. The summed E-state index contributed by atoms with van der Waals surface area (Å²) in [4.78, 5) is 23.3. The summed E-state index contributed by atoms with van der Waals surface area (Å²) < 4.78 is 30.5. The Hall–Kier alpha value is -1.98. The third-order valence-corrected chi connectivity index (χ3v) is 3.30. The number of halogens is 2.